The van der Waals surface area contributed by atoms with E-state index in [1.807, 2.05) is 18.2 Å². The molecule has 0 aliphatic rings. The summed E-state index contributed by atoms with van der Waals surface area (Å²) >= 11 is 0. The number of hydrogen-bond donors (Lipinski definition) is 0. The lowest BCUT2D eigenvalue weighted by Crippen LogP contribution is -3.00. The number of hydrogen-bond acceptors (Lipinski definition) is 1. The highest BCUT2D eigenvalue weighted by atomic mass is 127. The van der Waals surface area contributed by atoms with E-state index < -0.39 is 0 Å². The van der Waals surface area contributed by atoms with Gasteiger partial charge in [0.1, 0.15) is 5.69 Å². The number of aromatic nitrogens is 1. The van der Waals surface area contributed by atoms with Crippen LogP contribution in [-0.4, -0.2) is 26.1 Å². The summed E-state index contributed by atoms with van der Waals surface area (Å²) in [6.07, 6.45) is 4.17. The van der Waals surface area contributed by atoms with Crippen LogP contribution in [-0.2, 0) is 0 Å². The summed E-state index contributed by atoms with van der Waals surface area (Å²) in [5, 5.41) is 1.17. The molecule has 0 saturated heterocycles. The summed E-state index contributed by atoms with van der Waals surface area (Å²) in [6, 6.07) is 21.0. The van der Waals surface area contributed by atoms with Crippen LogP contribution in [0, 0.1) is 0 Å². The Morgan fingerprint density at radius 3 is 2.17 bits per heavy atom. The number of quaternary nitrogens is 1. The second kappa shape index (κ2) is 7.23. The summed E-state index contributed by atoms with van der Waals surface area (Å²) in [6.45, 7) is 0. The van der Waals surface area contributed by atoms with Crippen LogP contribution in [0.5, 0.6) is 0 Å². The van der Waals surface area contributed by atoms with Crippen LogP contribution in [0.25, 0.3) is 23.1 Å². The Morgan fingerprint density at radius 2 is 1.48 bits per heavy atom. The van der Waals surface area contributed by atoms with Gasteiger partial charge in [-0.1, -0.05) is 30.3 Å². The lowest BCUT2D eigenvalue weighted by molar-refractivity contribution is -0.00000462. The van der Waals surface area contributed by atoms with Gasteiger partial charge in [0.15, 0.2) is 0 Å². The maximum atomic E-state index is 4.66. The van der Waals surface area contributed by atoms with E-state index >= 15 is 0 Å². The van der Waals surface area contributed by atoms with Gasteiger partial charge in [-0.2, -0.15) is 0 Å². The fourth-order valence-electron chi connectivity index (χ4n) is 2.39. The zero-order chi connectivity index (χ0) is 15.6. The third-order valence-electron chi connectivity index (χ3n) is 3.73. The minimum atomic E-state index is 0. The predicted molar refractivity (Wildman–Crippen MR) is 96.7 cm³/mol. The Bertz CT molecular complexity index is 815. The second-order valence-corrected chi connectivity index (χ2v) is 6.37. The molecular weight excluding hydrogens is 395 g/mol. The maximum absolute atomic E-state index is 4.66. The zero-order valence-electron chi connectivity index (χ0n) is 13.7. The molecule has 2 aromatic carbocycles. The Labute approximate surface area is 155 Å². The SMILES string of the molecule is C[N+](C)(C)c1ccc(/C=C/c2ccc3ccccc3n2)cc1.[I-]. The molecule has 0 spiro atoms. The number of benzene rings is 2. The van der Waals surface area contributed by atoms with Crippen molar-refractivity contribution in [2.45, 2.75) is 0 Å². The minimum Gasteiger partial charge on any atom is -1.00 e. The third-order valence-corrected chi connectivity index (χ3v) is 3.73. The Hall–Kier alpha value is -1.72. The van der Waals surface area contributed by atoms with Crippen LogP contribution in [0.2, 0.25) is 0 Å². The molecule has 3 heteroatoms. The average molecular weight is 416 g/mol. The maximum Gasteiger partial charge on any atom is 0.132 e. The molecule has 0 N–H and O–H groups in total. The average Bonchev–Trinajstić information content (AvgIpc) is 2.52. The van der Waals surface area contributed by atoms with Crippen LogP contribution < -0.4 is 28.5 Å². The van der Waals surface area contributed by atoms with Crippen molar-refractivity contribution in [3.8, 4) is 0 Å². The second-order valence-electron chi connectivity index (χ2n) is 6.37. The summed E-state index contributed by atoms with van der Waals surface area (Å²) < 4.78 is 0.830. The smallest absolute Gasteiger partial charge is 0.132 e. The number of rotatable bonds is 3. The number of pyridine rings is 1. The fraction of sp³-hybridized carbons (Fsp3) is 0.150. The molecule has 1 heterocycles. The highest BCUT2D eigenvalue weighted by molar-refractivity contribution is 5.80. The summed E-state index contributed by atoms with van der Waals surface area (Å²) in [5.74, 6) is 0. The molecule has 1 aromatic heterocycles. The normalized spacial score (nSPS) is 11.6. The van der Waals surface area contributed by atoms with Crippen LogP contribution >= 0.6 is 0 Å². The van der Waals surface area contributed by atoms with Crippen molar-refractivity contribution in [1.29, 1.82) is 0 Å². The number of nitrogens with zero attached hydrogens (tertiary/aromatic N) is 2. The molecule has 0 unspecified atom stereocenters. The van der Waals surface area contributed by atoms with Crippen molar-refractivity contribution in [3.05, 3.63) is 71.9 Å². The third kappa shape index (κ3) is 4.39. The van der Waals surface area contributed by atoms with Crippen LogP contribution in [0.1, 0.15) is 11.3 Å². The van der Waals surface area contributed by atoms with Gasteiger partial charge < -0.3 is 24.0 Å². The molecule has 0 fully saturated rings. The van der Waals surface area contributed by atoms with E-state index in [1.165, 1.54) is 16.6 Å². The minimum absolute atomic E-state index is 0. The molecule has 0 radical (unpaired) electrons. The van der Waals surface area contributed by atoms with Crippen molar-refractivity contribution in [2.75, 3.05) is 21.1 Å². The zero-order valence-corrected chi connectivity index (χ0v) is 15.9. The molecule has 0 amide bonds. The molecule has 23 heavy (non-hydrogen) atoms. The molecule has 0 saturated carbocycles. The van der Waals surface area contributed by atoms with Gasteiger partial charge in [0.2, 0.25) is 0 Å². The van der Waals surface area contributed by atoms with E-state index in [4.69, 9.17) is 0 Å². The van der Waals surface area contributed by atoms with E-state index in [1.54, 1.807) is 0 Å². The Balaban J connectivity index is 0.00000192. The van der Waals surface area contributed by atoms with Gasteiger partial charge in [-0.05, 0) is 48.0 Å². The number of halogens is 1. The largest absolute Gasteiger partial charge is 1.00 e. The Morgan fingerprint density at radius 1 is 0.783 bits per heavy atom. The van der Waals surface area contributed by atoms with Gasteiger partial charge in [0.25, 0.3) is 0 Å². The van der Waals surface area contributed by atoms with Crippen molar-refractivity contribution in [1.82, 2.24) is 9.47 Å². The first-order valence-corrected chi connectivity index (χ1v) is 7.48. The van der Waals surface area contributed by atoms with E-state index in [0.29, 0.717) is 0 Å². The summed E-state index contributed by atoms with van der Waals surface area (Å²) in [7, 11) is 6.51. The first-order chi connectivity index (χ1) is 10.5. The first-order valence-electron chi connectivity index (χ1n) is 7.48. The van der Waals surface area contributed by atoms with Crippen molar-refractivity contribution in [2.24, 2.45) is 0 Å². The molecule has 0 aliphatic carbocycles. The Kier molecular flexibility index (Phi) is 5.55. The van der Waals surface area contributed by atoms with Crippen LogP contribution in [0.3, 0.4) is 0 Å². The lowest BCUT2D eigenvalue weighted by atomic mass is 10.1. The topological polar surface area (TPSA) is 12.9 Å². The van der Waals surface area contributed by atoms with Gasteiger partial charge >= 0.3 is 0 Å². The van der Waals surface area contributed by atoms with Gasteiger partial charge in [0.05, 0.1) is 32.4 Å². The fourth-order valence-corrected chi connectivity index (χ4v) is 2.39. The molecule has 3 aromatic rings. The van der Waals surface area contributed by atoms with Gasteiger partial charge in [-0.15, -0.1) is 0 Å². The molecule has 0 bridgehead atoms. The molecule has 0 atom stereocenters. The van der Waals surface area contributed by atoms with E-state index in [9.17, 15) is 0 Å². The number of fused-ring (bicyclic) bond motifs is 1. The standard InChI is InChI=1S/C20H21N2.HI/c1-22(2,3)19-14-9-16(10-15-19)8-12-18-13-11-17-6-4-5-7-20(17)21-18;/h4-15H,1-3H3;1H/q+1;/p-1/b12-8+;. The quantitative estimate of drug-likeness (QED) is 0.467. The first kappa shape index (κ1) is 17.6. The molecular formula is C20H21IN2. The van der Waals surface area contributed by atoms with Gasteiger partial charge in [-0.25, -0.2) is 4.98 Å². The monoisotopic (exact) mass is 416 g/mol. The molecule has 3 rings (SSSR count). The highest BCUT2D eigenvalue weighted by Crippen LogP contribution is 2.19. The highest BCUT2D eigenvalue weighted by Gasteiger charge is 2.10. The summed E-state index contributed by atoms with van der Waals surface area (Å²) in [4.78, 5) is 4.66. The van der Waals surface area contributed by atoms with Crippen molar-refractivity contribution >= 4 is 28.7 Å². The summed E-state index contributed by atoms with van der Waals surface area (Å²) in [5.41, 5.74) is 4.49. The lowest BCUT2D eigenvalue weighted by Gasteiger charge is -2.23. The van der Waals surface area contributed by atoms with Crippen molar-refractivity contribution in [3.63, 3.8) is 0 Å². The molecule has 2 nitrogen and oxygen atoms in total. The van der Waals surface area contributed by atoms with E-state index in [2.05, 4.69) is 80.7 Å². The predicted octanol–water partition coefficient (Wildman–Crippen LogP) is 1.61. The van der Waals surface area contributed by atoms with E-state index in [-0.39, 0.29) is 24.0 Å². The van der Waals surface area contributed by atoms with E-state index in [0.717, 1.165) is 15.7 Å². The van der Waals surface area contributed by atoms with Crippen LogP contribution in [0.15, 0.2) is 60.7 Å². The molecule has 118 valence electrons. The van der Waals surface area contributed by atoms with Crippen LogP contribution in [0.4, 0.5) is 5.69 Å². The number of para-hydroxylation sites is 1. The van der Waals surface area contributed by atoms with Crippen molar-refractivity contribution < 1.29 is 24.0 Å². The molecule has 0 aliphatic heterocycles. The van der Waals surface area contributed by atoms with Gasteiger partial charge in [0, 0.05) is 5.39 Å². The van der Waals surface area contributed by atoms with Gasteiger partial charge in [-0.3, -0.25) is 4.48 Å².